The molecule has 3 atom stereocenters. The standard InChI is InChI=1S/C52H90NO10P/c1-8-10-12-13-14-15-16-17-18-21-24-27-31-35-47(54)36-34-40-51(55)59-43-48(44-61-64(57,58)60-42-41-53(5,6)7)62-52(56)39-33-29-26-23-20-19-22-25-28-32-38-50-46(4)45(3)49(63-50)37-30-11-9-2/h14-15,17-18,24,27,31,35,47-48,54H,8-13,16,19-23,25-26,28-30,32-34,36-44H2,1-7H3/b15-14-,18-17-,27-24-,35-31+/t47-,48-/m1/s1. The first-order valence-corrected chi connectivity index (χ1v) is 26.3. The molecule has 0 saturated heterocycles. The van der Waals surface area contributed by atoms with Gasteiger partial charge in [0.1, 0.15) is 31.3 Å². The number of furan rings is 1. The fourth-order valence-electron chi connectivity index (χ4n) is 6.94. The average molecular weight is 920 g/mol. The van der Waals surface area contributed by atoms with Crippen LogP contribution in [0.1, 0.15) is 184 Å². The van der Waals surface area contributed by atoms with Crippen LogP contribution in [0.5, 0.6) is 0 Å². The zero-order chi connectivity index (χ0) is 47.3. The predicted molar refractivity (Wildman–Crippen MR) is 259 cm³/mol. The summed E-state index contributed by atoms with van der Waals surface area (Å²) < 4.78 is 40.1. The average Bonchev–Trinajstić information content (AvgIpc) is 3.51. The van der Waals surface area contributed by atoms with Gasteiger partial charge < -0.3 is 37.4 Å². The summed E-state index contributed by atoms with van der Waals surface area (Å²) in [6.07, 6.45) is 38.4. The number of likely N-dealkylation sites (N-methyl/N-ethyl adjacent to an activating group) is 1. The fourth-order valence-corrected chi connectivity index (χ4v) is 7.66. The third-order valence-corrected chi connectivity index (χ3v) is 12.1. The van der Waals surface area contributed by atoms with Crippen LogP contribution in [-0.4, -0.2) is 81.2 Å². The molecule has 1 heterocycles. The highest BCUT2D eigenvalue weighted by Crippen LogP contribution is 2.38. The van der Waals surface area contributed by atoms with E-state index in [9.17, 15) is 24.2 Å². The highest BCUT2D eigenvalue weighted by atomic mass is 31.2. The van der Waals surface area contributed by atoms with Gasteiger partial charge in [0.25, 0.3) is 7.82 Å². The number of phosphoric acid groups is 1. The van der Waals surface area contributed by atoms with Crippen molar-refractivity contribution in [1.29, 1.82) is 0 Å². The second-order valence-corrected chi connectivity index (χ2v) is 19.7. The van der Waals surface area contributed by atoms with Crippen molar-refractivity contribution in [3.63, 3.8) is 0 Å². The quantitative estimate of drug-likeness (QED) is 0.0168. The lowest BCUT2D eigenvalue weighted by Gasteiger charge is -2.28. The summed E-state index contributed by atoms with van der Waals surface area (Å²) in [4.78, 5) is 37.8. The summed E-state index contributed by atoms with van der Waals surface area (Å²) in [6.45, 7) is 8.31. The predicted octanol–water partition coefficient (Wildman–Crippen LogP) is 12.2. The molecule has 0 aliphatic heterocycles. The highest BCUT2D eigenvalue weighted by Gasteiger charge is 2.22. The number of aryl methyl sites for hydroxylation is 2. The van der Waals surface area contributed by atoms with Gasteiger partial charge in [-0.2, -0.15) is 0 Å². The second kappa shape index (κ2) is 37.3. The number of phosphoric ester groups is 1. The molecule has 0 amide bonds. The molecular weight excluding hydrogens is 830 g/mol. The zero-order valence-corrected chi connectivity index (χ0v) is 42.2. The topological polar surface area (TPSA) is 145 Å². The highest BCUT2D eigenvalue weighted by molar-refractivity contribution is 7.45. The number of hydrogen-bond donors (Lipinski definition) is 1. The van der Waals surface area contributed by atoms with E-state index in [0.29, 0.717) is 30.3 Å². The van der Waals surface area contributed by atoms with E-state index < -0.39 is 38.6 Å². The first kappa shape index (κ1) is 59.2. The lowest BCUT2D eigenvalue weighted by molar-refractivity contribution is -0.870. The van der Waals surface area contributed by atoms with Crippen molar-refractivity contribution in [2.24, 2.45) is 0 Å². The molecule has 1 aromatic rings. The van der Waals surface area contributed by atoms with E-state index >= 15 is 0 Å². The van der Waals surface area contributed by atoms with Crippen LogP contribution < -0.4 is 4.89 Å². The molecule has 12 heteroatoms. The van der Waals surface area contributed by atoms with Crippen molar-refractivity contribution in [3.05, 3.63) is 71.3 Å². The molecule has 1 unspecified atom stereocenters. The summed E-state index contributed by atoms with van der Waals surface area (Å²) >= 11 is 0. The number of esters is 2. The number of hydrogen-bond acceptors (Lipinski definition) is 10. The molecule has 0 fully saturated rings. The van der Waals surface area contributed by atoms with Crippen LogP contribution in [0.15, 0.2) is 53.0 Å². The maximum atomic E-state index is 12.8. The van der Waals surface area contributed by atoms with E-state index in [1.54, 1.807) is 12.2 Å². The van der Waals surface area contributed by atoms with Gasteiger partial charge in [-0.3, -0.25) is 14.2 Å². The van der Waals surface area contributed by atoms with E-state index in [1.807, 2.05) is 33.3 Å². The van der Waals surface area contributed by atoms with E-state index in [0.717, 1.165) is 57.8 Å². The molecule has 0 saturated carbocycles. The molecule has 0 aromatic carbocycles. The van der Waals surface area contributed by atoms with Crippen molar-refractivity contribution in [2.75, 3.05) is 47.5 Å². The minimum atomic E-state index is -4.69. The van der Waals surface area contributed by atoms with E-state index in [-0.39, 0.29) is 26.1 Å². The van der Waals surface area contributed by atoms with Gasteiger partial charge in [-0.1, -0.05) is 140 Å². The Bertz CT molecular complexity index is 1520. The number of aliphatic hydroxyl groups is 1. The van der Waals surface area contributed by atoms with Gasteiger partial charge in [0, 0.05) is 25.7 Å². The van der Waals surface area contributed by atoms with Gasteiger partial charge >= 0.3 is 11.9 Å². The molecule has 64 heavy (non-hydrogen) atoms. The Kier molecular flexibility index (Phi) is 34.5. The monoisotopic (exact) mass is 920 g/mol. The Morgan fingerprint density at radius 1 is 0.688 bits per heavy atom. The van der Waals surface area contributed by atoms with Crippen LogP contribution in [0.25, 0.3) is 0 Å². The summed E-state index contributed by atoms with van der Waals surface area (Å²) in [6, 6.07) is 0. The second-order valence-electron chi connectivity index (χ2n) is 18.3. The number of carbonyl (C=O) groups is 2. The number of aliphatic hydroxyl groups excluding tert-OH is 1. The van der Waals surface area contributed by atoms with E-state index in [2.05, 4.69) is 52.0 Å². The number of quaternary nitrogens is 1. The lowest BCUT2D eigenvalue weighted by atomic mass is 10.0. The summed E-state index contributed by atoms with van der Waals surface area (Å²) in [5, 5.41) is 10.3. The smallest absolute Gasteiger partial charge is 0.306 e. The van der Waals surface area contributed by atoms with E-state index in [1.165, 1.54) is 93.3 Å². The first-order chi connectivity index (χ1) is 30.7. The molecular formula is C52H90NO10P. The molecule has 368 valence electrons. The van der Waals surface area contributed by atoms with Gasteiger partial charge in [-0.05, 0) is 82.8 Å². The van der Waals surface area contributed by atoms with Crippen molar-refractivity contribution in [1.82, 2.24) is 0 Å². The first-order valence-electron chi connectivity index (χ1n) is 24.8. The van der Waals surface area contributed by atoms with Gasteiger partial charge in [-0.25, -0.2) is 0 Å². The lowest BCUT2D eigenvalue weighted by Crippen LogP contribution is -2.37. The summed E-state index contributed by atoms with van der Waals surface area (Å²) in [5.41, 5.74) is 2.67. The molecule has 11 nitrogen and oxygen atoms in total. The number of nitrogens with zero attached hydrogens (tertiary/aromatic N) is 1. The number of ether oxygens (including phenoxy) is 2. The number of rotatable bonds is 41. The van der Waals surface area contributed by atoms with Crippen molar-refractivity contribution in [2.45, 2.75) is 200 Å². The minimum Gasteiger partial charge on any atom is -0.756 e. The van der Waals surface area contributed by atoms with E-state index in [4.69, 9.17) is 22.9 Å². The van der Waals surface area contributed by atoms with Gasteiger partial charge in [0.05, 0.1) is 33.9 Å². The SMILES string of the molecule is CCCCC/C=C\C/C=C\C/C=C\C=C\[C@@H](O)CCCC(=O)OC[C@H](COP(=O)([O-])OCC[N+](C)(C)C)OC(=O)CCCCCCCCCCCCc1oc(CCCCC)c(C)c1C. The van der Waals surface area contributed by atoms with Gasteiger partial charge in [0.15, 0.2) is 6.10 Å². The number of allylic oxidation sites excluding steroid dienone is 7. The fraction of sp³-hybridized carbons (Fsp3) is 0.731. The van der Waals surface area contributed by atoms with Gasteiger partial charge in [-0.15, -0.1) is 0 Å². The maximum absolute atomic E-state index is 12.8. The molecule has 0 bridgehead atoms. The zero-order valence-electron chi connectivity index (χ0n) is 41.3. The Hall–Kier alpha value is -2.79. The Morgan fingerprint density at radius 2 is 1.23 bits per heavy atom. The number of carbonyl (C=O) groups excluding carboxylic acids is 2. The van der Waals surface area contributed by atoms with Crippen molar-refractivity contribution >= 4 is 19.8 Å². The molecule has 1 N–H and O–H groups in total. The molecule has 0 aliphatic carbocycles. The van der Waals surface area contributed by atoms with Crippen molar-refractivity contribution < 1.29 is 51.6 Å². The third kappa shape index (κ3) is 33.7. The molecule has 0 aliphatic rings. The summed E-state index contributed by atoms with van der Waals surface area (Å²) in [7, 11) is 1.04. The van der Waals surface area contributed by atoms with Crippen molar-refractivity contribution in [3.8, 4) is 0 Å². The molecule has 1 aromatic heterocycles. The Balaban J connectivity index is 2.38. The van der Waals surface area contributed by atoms with Gasteiger partial charge in [0.2, 0.25) is 0 Å². The maximum Gasteiger partial charge on any atom is 0.306 e. The Labute approximate surface area is 389 Å². The van der Waals surface area contributed by atoms with Crippen LogP contribution >= 0.6 is 7.82 Å². The largest absolute Gasteiger partial charge is 0.756 e. The molecule has 0 spiro atoms. The van der Waals surface area contributed by atoms with Crippen LogP contribution in [0, 0.1) is 13.8 Å². The number of unbranched alkanes of at least 4 members (excludes halogenated alkanes) is 14. The Morgan fingerprint density at radius 3 is 1.86 bits per heavy atom. The van der Waals surface area contributed by atoms with Crippen LogP contribution in [0.2, 0.25) is 0 Å². The van der Waals surface area contributed by atoms with Crippen LogP contribution in [0.3, 0.4) is 0 Å². The van der Waals surface area contributed by atoms with Crippen LogP contribution in [-0.2, 0) is 45.5 Å². The minimum absolute atomic E-state index is 0.0412. The normalized spacial score (nSPS) is 14.3. The third-order valence-electron chi connectivity index (χ3n) is 11.2. The molecule has 1 rings (SSSR count). The molecule has 0 radical (unpaired) electrons. The van der Waals surface area contributed by atoms with Crippen LogP contribution in [0.4, 0.5) is 0 Å². The summed E-state index contributed by atoms with van der Waals surface area (Å²) in [5.74, 6) is 1.30.